The lowest BCUT2D eigenvalue weighted by Crippen LogP contribution is -2.19. The summed E-state index contributed by atoms with van der Waals surface area (Å²) in [7, 11) is 0. The fraction of sp³-hybridized carbons (Fsp3) is 0. The van der Waals surface area contributed by atoms with E-state index >= 15 is 0 Å². The van der Waals surface area contributed by atoms with Crippen molar-refractivity contribution in [2.45, 2.75) is 0 Å². The molecule has 0 fully saturated rings. The van der Waals surface area contributed by atoms with E-state index in [0.717, 1.165) is 5.56 Å². The fourth-order valence-electron chi connectivity index (χ4n) is 1.31. The van der Waals surface area contributed by atoms with Gasteiger partial charge in [-0.25, -0.2) is 4.99 Å². The van der Waals surface area contributed by atoms with Crippen LogP contribution in [0.4, 0.5) is 0 Å². The van der Waals surface area contributed by atoms with Gasteiger partial charge in [0.05, 0.1) is 11.3 Å². The Morgan fingerprint density at radius 3 is 2.75 bits per heavy atom. The average Bonchev–Trinajstić information content (AvgIpc) is 2.31. The molecule has 16 heavy (non-hydrogen) atoms. The van der Waals surface area contributed by atoms with Crippen molar-refractivity contribution in [3.8, 4) is 6.07 Å². The molecule has 1 aliphatic heterocycles. The number of allylic oxidation sites excluding steroid dienone is 2. The van der Waals surface area contributed by atoms with E-state index < -0.39 is 0 Å². The highest BCUT2D eigenvalue weighted by Gasteiger charge is 2.10. The van der Waals surface area contributed by atoms with E-state index in [1.165, 1.54) is 0 Å². The fourth-order valence-corrected chi connectivity index (χ4v) is 1.47. The van der Waals surface area contributed by atoms with Crippen LogP contribution in [0.2, 0.25) is 0 Å². The molecule has 0 saturated carbocycles. The summed E-state index contributed by atoms with van der Waals surface area (Å²) in [5.74, 6) is 0. The second-order valence-electron chi connectivity index (χ2n) is 3.00. The summed E-state index contributed by atoms with van der Waals surface area (Å²) in [6.07, 6.45) is 6.52. The predicted octanol–water partition coefficient (Wildman–Crippen LogP) is 2.03. The molecule has 2 heterocycles. The van der Waals surface area contributed by atoms with Crippen LogP contribution in [0.25, 0.3) is 5.57 Å². The summed E-state index contributed by atoms with van der Waals surface area (Å²) >= 11 is 5.73. The van der Waals surface area contributed by atoms with Crippen LogP contribution in [0.15, 0.2) is 47.5 Å². The van der Waals surface area contributed by atoms with Gasteiger partial charge in [-0.3, -0.25) is 4.98 Å². The van der Waals surface area contributed by atoms with E-state index in [9.17, 15) is 0 Å². The molecule has 0 spiro atoms. The lowest BCUT2D eigenvalue weighted by atomic mass is 10.1. The molecule has 0 atom stereocenters. The Bertz CT molecular complexity index is 523. The molecule has 0 bridgehead atoms. The molecule has 0 aliphatic carbocycles. The number of nitriles is 1. The van der Waals surface area contributed by atoms with Gasteiger partial charge in [-0.05, 0) is 35.4 Å². The quantitative estimate of drug-likeness (QED) is 0.593. The molecule has 5 heteroatoms. The first-order chi connectivity index (χ1) is 7.81. The van der Waals surface area contributed by atoms with Crippen molar-refractivity contribution in [3.05, 3.63) is 48.1 Å². The molecular weight excluding hydrogens is 224 g/mol. The Morgan fingerprint density at radius 1 is 1.38 bits per heavy atom. The van der Waals surface area contributed by atoms with Gasteiger partial charge in [0, 0.05) is 18.6 Å². The second kappa shape index (κ2) is 4.60. The Labute approximate surface area is 97.6 Å². The summed E-state index contributed by atoms with van der Waals surface area (Å²) in [6, 6.07) is 5.66. The Hall–Kier alpha value is -2.12. The molecule has 4 nitrogen and oxygen atoms in total. The van der Waals surface area contributed by atoms with Gasteiger partial charge in [-0.2, -0.15) is 5.26 Å². The average molecular weight is 231 g/mol. The van der Waals surface area contributed by atoms with E-state index in [1.807, 2.05) is 0 Å². The number of pyridine rings is 1. The molecule has 0 unspecified atom stereocenters. The summed E-state index contributed by atoms with van der Waals surface area (Å²) in [5.41, 5.74) is 1.93. The Morgan fingerprint density at radius 2 is 2.12 bits per heavy atom. The Kier molecular flexibility index (Phi) is 2.99. The van der Waals surface area contributed by atoms with Gasteiger partial charge in [0.2, 0.25) is 0 Å². The summed E-state index contributed by atoms with van der Waals surface area (Å²) in [5, 5.41) is 12.2. The van der Waals surface area contributed by atoms with E-state index in [0.29, 0.717) is 11.3 Å². The SMILES string of the molecule is N#CC(=C1C=CN=C(Cl)N1)c1ccncc1. The van der Waals surface area contributed by atoms with Crippen LogP contribution in [0.1, 0.15) is 5.56 Å². The van der Waals surface area contributed by atoms with Crippen molar-refractivity contribution >= 4 is 22.5 Å². The van der Waals surface area contributed by atoms with E-state index in [4.69, 9.17) is 16.9 Å². The highest BCUT2D eigenvalue weighted by Crippen LogP contribution is 2.18. The molecule has 1 aromatic heterocycles. The Balaban J connectivity index is 2.46. The standard InChI is InChI=1S/C11H7ClN4/c12-11-15-6-3-10(16-11)9(7-13)8-1-4-14-5-2-8/h1-6H,(H,15,16). The van der Waals surface area contributed by atoms with Gasteiger partial charge in [0.25, 0.3) is 0 Å². The molecule has 1 N–H and O–H groups in total. The van der Waals surface area contributed by atoms with Crippen LogP contribution < -0.4 is 5.32 Å². The maximum Gasteiger partial charge on any atom is 0.200 e. The van der Waals surface area contributed by atoms with Crippen molar-refractivity contribution in [2.24, 2.45) is 4.99 Å². The third-order valence-electron chi connectivity index (χ3n) is 2.02. The van der Waals surface area contributed by atoms with E-state index in [-0.39, 0.29) is 5.29 Å². The van der Waals surface area contributed by atoms with E-state index in [2.05, 4.69) is 21.4 Å². The molecule has 0 aromatic carbocycles. The maximum atomic E-state index is 9.13. The number of aromatic nitrogens is 1. The molecule has 0 saturated heterocycles. The first-order valence-electron chi connectivity index (χ1n) is 4.53. The minimum absolute atomic E-state index is 0.249. The topological polar surface area (TPSA) is 61.1 Å². The van der Waals surface area contributed by atoms with Crippen molar-refractivity contribution in [2.75, 3.05) is 0 Å². The number of hydrogen-bond donors (Lipinski definition) is 1. The monoisotopic (exact) mass is 230 g/mol. The molecule has 0 radical (unpaired) electrons. The van der Waals surface area contributed by atoms with Crippen molar-refractivity contribution in [1.29, 1.82) is 5.26 Å². The van der Waals surface area contributed by atoms with Gasteiger partial charge in [0.15, 0.2) is 5.29 Å². The number of amidine groups is 1. The number of hydrogen-bond acceptors (Lipinski definition) is 4. The zero-order chi connectivity index (χ0) is 11.4. The summed E-state index contributed by atoms with van der Waals surface area (Å²) in [4.78, 5) is 7.73. The van der Waals surface area contributed by atoms with Gasteiger partial charge in [0.1, 0.15) is 6.07 Å². The largest absolute Gasteiger partial charge is 0.329 e. The highest BCUT2D eigenvalue weighted by molar-refractivity contribution is 6.65. The maximum absolute atomic E-state index is 9.13. The molecule has 78 valence electrons. The molecule has 2 rings (SSSR count). The normalized spacial score (nSPS) is 17.1. The van der Waals surface area contributed by atoms with Crippen molar-refractivity contribution in [3.63, 3.8) is 0 Å². The van der Waals surface area contributed by atoms with Crippen LogP contribution in [-0.4, -0.2) is 10.3 Å². The molecule has 1 aromatic rings. The first-order valence-corrected chi connectivity index (χ1v) is 4.90. The molecule has 1 aliphatic rings. The smallest absolute Gasteiger partial charge is 0.200 e. The zero-order valence-corrected chi connectivity index (χ0v) is 8.94. The van der Waals surface area contributed by atoms with Crippen LogP contribution in [-0.2, 0) is 0 Å². The first kappa shape index (κ1) is 10.4. The van der Waals surface area contributed by atoms with Crippen molar-refractivity contribution in [1.82, 2.24) is 10.3 Å². The minimum Gasteiger partial charge on any atom is -0.329 e. The van der Waals surface area contributed by atoms with Crippen molar-refractivity contribution < 1.29 is 0 Å². The highest BCUT2D eigenvalue weighted by atomic mass is 35.5. The van der Waals surface area contributed by atoms with Gasteiger partial charge in [-0.1, -0.05) is 0 Å². The third kappa shape index (κ3) is 2.10. The number of nitrogens with zero attached hydrogens (tertiary/aromatic N) is 3. The summed E-state index contributed by atoms with van der Waals surface area (Å²) < 4.78 is 0. The van der Waals surface area contributed by atoms with E-state index in [1.54, 1.807) is 36.8 Å². The lowest BCUT2D eigenvalue weighted by molar-refractivity contribution is 1.16. The number of halogens is 1. The number of nitrogens with one attached hydrogen (secondary N) is 1. The van der Waals surface area contributed by atoms with Gasteiger partial charge < -0.3 is 5.32 Å². The van der Waals surface area contributed by atoms with Crippen LogP contribution in [0.5, 0.6) is 0 Å². The number of aliphatic imine (C=N–C) groups is 1. The van der Waals surface area contributed by atoms with Crippen LogP contribution in [0, 0.1) is 11.3 Å². The molecular formula is C11H7ClN4. The zero-order valence-electron chi connectivity index (χ0n) is 8.18. The summed E-state index contributed by atoms with van der Waals surface area (Å²) in [6.45, 7) is 0. The minimum atomic E-state index is 0.249. The molecule has 0 amide bonds. The van der Waals surface area contributed by atoms with Crippen LogP contribution >= 0.6 is 11.6 Å². The van der Waals surface area contributed by atoms with Gasteiger partial charge in [-0.15, -0.1) is 0 Å². The number of rotatable bonds is 1. The lowest BCUT2D eigenvalue weighted by Gasteiger charge is -2.10. The second-order valence-corrected chi connectivity index (χ2v) is 3.36. The third-order valence-corrected chi connectivity index (χ3v) is 2.21. The predicted molar refractivity (Wildman–Crippen MR) is 62.3 cm³/mol. The van der Waals surface area contributed by atoms with Crippen LogP contribution in [0.3, 0.4) is 0 Å². The van der Waals surface area contributed by atoms with Gasteiger partial charge >= 0.3 is 0 Å².